The normalized spacial score (nSPS) is 16.1. The third kappa shape index (κ3) is 3.80. The number of hydrogen-bond donors (Lipinski definition) is 1. The minimum absolute atomic E-state index is 0.137. The molecule has 116 valence electrons. The van der Waals surface area contributed by atoms with Gasteiger partial charge in [0, 0.05) is 0 Å². The van der Waals surface area contributed by atoms with Gasteiger partial charge < -0.3 is 5.11 Å². The molecule has 23 heavy (non-hydrogen) atoms. The Morgan fingerprint density at radius 1 is 1.26 bits per heavy atom. The fourth-order valence-electron chi connectivity index (χ4n) is 2.06. The van der Waals surface area contributed by atoms with E-state index in [9.17, 15) is 14.0 Å². The first-order valence-corrected chi connectivity index (χ1v) is 8.38. The number of fused-ring (bicyclic) bond motifs is 1. The van der Waals surface area contributed by atoms with Gasteiger partial charge in [-0.2, -0.15) is 0 Å². The lowest BCUT2D eigenvalue weighted by atomic mass is 10.1. The molecule has 0 aliphatic carbocycles. The quantitative estimate of drug-likeness (QED) is 0.856. The smallest absolute Gasteiger partial charge is 0.313 e. The second-order valence-corrected chi connectivity index (χ2v) is 6.91. The molecule has 0 radical (unpaired) electrons. The molecular formula is C16H10FNO3S2. The molecule has 0 unspecified atom stereocenters. The number of carboxylic acid groups (broad SMARTS) is 1. The van der Waals surface area contributed by atoms with Crippen molar-refractivity contribution in [2.45, 2.75) is 0 Å². The third-order valence-corrected chi connectivity index (χ3v) is 5.04. The zero-order chi connectivity index (χ0) is 16.4. The molecule has 0 saturated carbocycles. The Kier molecular flexibility index (Phi) is 4.49. The molecule has 1 N–H and O–H groups in total. The number of hydrogen-bond acceptors (Lipinski definition) is 5. The van der Waals surface area contributed by atoms with Crippen LogP contribution in [0.15, 0.2) is 47.1 Å². The van der Waals surface area contributed by atoms with Gasteiger partial charge in [-0.05, 0) is 52.4 Å². The number of carboxylic acids is 1. The number of carbonyl (C=O) groups excluding carboxylic acids is 1. The van der Waals surface area contributed by atoms with Gasteiger partial charge in [0.25, 0.3) is 0 Å². The van der Waals surface area contributed by atoms with Gasteiger partial charge in [-0.25, -0.2) is 9.38 Å². The summed E-state index contributed by atoms with van der Waals surface area (Å²) >= 11 is 1.94. The molecule has 0 amide bonds. The summed E-state index contributed by atoms with van der Waals surface area (Å²) in [5.41, 5.74) is 0.999. The molecule has 0 aromatic heterocycles. The van der Waals surface area contributed by atoms with Crippen molar-refractivity contribution in [2.75, 3.05) is 5.75 Å². The second kappa shape index (κ2) is 6.55. The van der Waals surface area contributed by atoms with Crippen LogP contribution in [-0.4, -0.2) is 26.3 Å². The molecule has 2 aromatic carbocycles. The van der Waals surface area contributed by atoms with Crippen LogP contribution in [0.3, 0.4) is 0 Å². The topological polar surface area (TPSA) is 66.7 Å². The number of thioether (sulfide) groups is 2. The fraction of sp³-hybridized carbons (Fsp3) is 0.0625. The second-order valence-electron chi connectivity index (χ2n) is 4.73. The van der Waals surface area contributed by atoms with E-state index in [1.165, 1.54) is 12.1 Å². The zero-order valence-corrected chi connectivity index (χ0v) is 13.3. The summed E-state index contributed by atoms with van der Waals surface area (Å²) in [6, 6.07) is 9.96. The highest BCUT2D eigenvalue weighted by Gasteiger charge is 2.23. The summed E-state index contributed by atoms with van der Waals surface area (Å²) in [5.74, 6) is -1.42. The number of halogens is 1. The van der Waals surface area contributed by atoms with Crippen LogP contribution < -0.4 is 0 Å². The summed E-state index contributed by atoms with van der Waals surface area (Å²) in [6.07, 6.45) is 1.62. The Labute approximate surface area is 139 Å². The van der Waals surface area contributed by atoms with Gasteiger partial charge in [-0.1, -0.05) is 30.0 Å². The molecule has 0 atom stereocenters. The molecule has 0 saturated heterocycles. The minimum Gasteiger partial charge on any atom is -0.481 e. The molecule has 2 aromatic rings. The number of nitrogens with zero attached hydrogens (tertiary/aromatic N) is 1. The lowest BCUT2D eigenvalue weighted by molar-refractivity contribution is -0.133. The maximum Gasteiger partial charge on any atom is 0.313 e. The van der Waals surface area contributed by atoms with Crippen LogP contribution in [0.5, 0.6) is 0 Å². The van der Waals surface area contributed by atoms with Crippen LogP contribution in [0.1, 0.15) is 5.56 Å². The number of aliphatic imine (C=N–C) groups is 1. The molecule has 0 spiro atoms. The monoisotopic (exact) mass is 347 g/mol. The van der Waals surface area contributed by atoms with E-state index in [-0.39, 0.29) is 22.4 Å². The van der Waals surface area contributed by atoms with E-state index in [4.69, 9.17) is 5.11 Å². The van der Waals surface area contributed by atoms with Crippen molar-refractivity contribution >= 4 is 55.8 Å². The SMILES string of the molecule is O=C(O)CSC1=NC(=Cc2ccc3ccc(F)cc3c2)C(=O)S1. The predicted molar refractivity (Wildman–Crippen MR) is 92.0 cm³/mol. The fourth-order valence-corrected chi connectivity index (χ4v) is 3.62. The van der Waals surface area contributed by atoms with Gasteiger partial charge in [0.1, 0.15) is 15.9 Å². The average molecular weight is 347 g/mol. The zero-order valence-electron chi connectivity index (χ0n) is 11.7. The Balaban J connectivity index is 1.88. The Hall–Kier alpha value is -2.12. The van der Waals surface area contributed by atoms with Crippen LogP contribution in [0.25, 0.3) is 16.8 Å². The van der Waals surface area contributed by atoms with Crippen molar-refractivity contribution in [3.8, 4) is 0 Å². The van der Waals surface area contributed by atoms with Crippen molar-refractivity contribution in [1.82, 2.24) is 0 Å². The first-order chi connectivity index (χ1) is 11.0. The molecule has 4 nitrogen and oxygen atoms in total. The molecule has 1 aliphatic heterocycles. The summed E-state index contributed by atoms with van der Waals surface area (Å²) in [6.45, 7) is 0. The molecule has 1 heterocycles. The minimum atomic E-state index is -0.959. The van der Waals surface area contributed by atoms with E-state index < -0.39 is 5.97 Å². The lowest BCUT2D eigenvalue weighted by Gasteiger charge is -2.00. The molecule has 0 fully saturated rings. The van der Waals surface area contributed by atoms with Crippen LogP contribution in [0, 0.1) is 5.82 Å². The van der Waals surface area contributed by atoms with Gasteiger partial charge in [0.2, 0.25) is 5.12 Å². The summed E-state index contributed by atoms with van der Waals surface area (Å²) in [7, 11) is 0. The molecule has 3 rings (SSSR count). The first-order valence-electron chi connectivity index (χ1n) is 6.58. The van der Waals surface area contributed by atoms with E-state index in [1.807, 2.05) is 12.1 Å². The van der Waals surface area contributed by atoms with Gasteiger partial charge in [-0.15, -0.1) is 0 Å². The van der Waals surface area contributed by atoms with Crippen molar-refractivity contribution in [3.63, 3.8) is 0 Å². The predicted octanol–water partition coefficient (Wildman–Crippen LogP) is 3.77. The van der Waals surface area contributed by atoms with Crippen molar-refractivity contribution in [2.24, 2.45) is 4.99 Å². The molecule has 1 aliphatic rings. The highest BCUT2D eigenvalue weighted by Crippen LogP contribution is 2.31. The Morgan fingerprint density at radius 3 is 2.83 bits per heavy atom. The molecular weight excluding hydrogens is 337 g/mol. The van der Waals surface area contributed by atoms with Crippen LogP contribution in [0.4, 0.5) is 4.39 Å². The van der Waals surface area contributed by atoms with Crippen LogP contribution in [0.2, 0.25) is 0 Å². The summed E-state index contributed by atoms with van der Waals surface area (Å²) in [5, 5.41) is 10.1. The van der Waals surface area contributed by atoms with E-state index in [1.54, 1.807) is 18.2 Å². The van der Waals surface area contributed by atoms with Crippen LogP contribution >= 0.6 is 23.5 Å². The standard InChI is InChI=1S/C16H10FNO3S2/c17-12-4-3-10-2-1-9(5-11(10)7-12)6-13-15(21)23-16(18-13)22-8-14(19)20/h1-7H,8H2,(H,19,20). The third-order valence-electron chi connectivity index (χ3n) is 3.05. The van der Waals surface area contributed by atoms with Crippen LogP contribution in [-0.2, 0) is 9.59 Å². The van der Waals surface area contributed by atoms with Gasteiger partial charge in [-0.3, -0.25) is 9.59 Å². The Morgan fingerprint density at radius 2 is 2.04 bits per heavy atom. The highest BCUT2D eigenvalue weighted by molar-refractivity contribution is 8.45. The van der Waals surface area contributed by atoms with E-state index >= 15 is 0 Å². The summed E-state index contributed by atoms with van der Waals surface area (Å²) < 4.78 is 13.7. The average Bonchev–Trinajstić information content (AvgIpc) is 2.85. The van der Waals surface area contributed by atoms with E-state index in [2.05, 4.69) is 4.99 Å². The maximum atomic E-state index is 13.3. The van der Waals surface area contributed by atoms with Gasteiger partial charge in [0.15, 0.2) is 0 Å². The largest absolute Gasteiger partial charge is 0.481 e. The van der Waals surface area contributed by atoms with E-state index in [0.717, 1.165) is 39.9 Å². The number of rotatable bonds is 3. The van der Waals surface area contributed by atoms with Crippen molar-refractivity contribution in [3.05, 3.63) is 53.5 Å². The Bertz CT molecular complexity index is 877. The molecule has 7 heteroatoms. The maximum absolute atomic E-state index is 13.3. The number of aliphatic carboxylic acids is 1. The van der Waals surface area contributed by atoms with Crippen molar-refractivity contribution < 1.29 is 19.1 Å². The lowest BCUT2D eigenvalue weighted by Crippen LogP contribution is -1.99. The van der Waals surface area contributed by atoms with Crippen molar-refractivity contribution in [1.29, 1.82) is 0 Å². The van der Waals surface area contributed by atoms with Gasteiger partial charge in [0.05, 0.1) is 5.75 Å². The number of benzene rings is 2. The molecule has 0 bridgehead atoms. The first kappa shape index (κ1) is 15.8. The number of carbonyl (C=O) groups is 2. The van der Waals surface area contributed by atoms with Gasteiger partial charge >= 0.3 is 5.97 Å². The highest BCUT2D eigenvalue weighted by atomic mass is 32.2. The summed E-state index contributed by atoms with van der Waals surface area (Å²) in [4.78, 5) is 26.6. The van der Waals surface area contributed by atoms with E-state index in [0.29, 0.717) is 4.38 Å².